The topological polar surface area (TPSA) is 53.0 Å². The first-order valence-electron chi connectivity index (χ1n) is 10.0. The van der Waals surface area contributed by atoms with E-state index in [1.54, 1.807) is 42.6 Å². The third-order valence-electron chi connectivity index (χ3n) is 5.22. The fraction of sp³-hybridized carbons (Fsp3) is 0.348. The molecule has 2 amide bonds. The van der Waals surface area contributed by atoms with Crippen molar-refractivity contribution in [3.05, 3.63) is 64.7 Å². The molecule has 1 aliphatic heterocycles. The van der Waals surface area contributed by atoms with Crippen LogP contribution in [-0.2, 0) is 4.79 Å². The van der Waals surface area contributed by atoms with Gasteiger partial charge in [-0.3, -0.25) is 14.6 Å². The third kappa shape index (κ3) is 4.57. The number of benzene rings is 2. The highest BCUT2D eigenvalue weighted by atomic mass is 35.5. The molecule has 1 aliphatic rings. The quantitative estimate of drug-likeness (QED) is 0.367. The largest absolute Gasteiger partial charge is 0.304 e. The molecule has 0 N–H and O–H groups in total. The minimum absolute atomic E-state index is 0.325. The maximum absolute atomic E-state index is 13.3. The van der Waals surface area contributed by atoms with Gasteiger partial charge in [0, 0.05) is 18.3 Å². The smallest absolute Gasteiger partial charge is 0.265 e. The molecule has 5 nitrogen and oxygen atoms in total. The van der Waals surface area contributed by atoms with E-state index in [0.29, 0.717) is 28.4 Å². The van der Waals surface area contributed by atoms with Gasteiger partial charge < -0.3 is 4.90 Å². The number of nitrogens with zero attached hydrogens (tertiary/aromatic N) is 3. The number of hydrogen-bond donors (Lipinski definition) is 0. The van der Waals surface area contributed by atoms with Gasteiger partial charge in [0.15, 0.2) is 0 Å². The number of amides is 2. The summed E-state index contributed by atoms with van der Waals surface area (Å²) in [7, 11) is 0. The number of aliphatic imine (C=N–C) groups is 1. The van der Waals surface area contributed by atoms with Crippen molar-refractivity contribution in [1.82, 2.24) is 4.90 Å². The zero-order chi connectivity index (χ0) is 20.8. The van der Waals surface area contributed by atoms with Crippen molar-refractivity contribution < 1.29 is 9.59 Å². The lowest BCUT2D eigenvalue weighted by molar-refractivity contribution is -0.118. The lowest BCUT2D eigenvalue weighted by Gasteiger charge is -2.31. The average Bonchev–Trinajstić information content (AvgIpc) is 2.74. The van der Waals surface area contributed by atoms with E-state index in [9.17, 15) is 9.59 Å². The predicted molar refractivity (Wildman–Crippen MR) is 118 cm³/mol. The first kappa shape index (κ1) is 21.2. The van der Waals surface area contributed by atoms with Crippen molar-refractivity contribution in [2.75, 3.05) is 31.1 Å². The van der Waals surface area contributed by atoms with E-state index in [-0.39, 0.29) is 11.8 Å². The standard InChI is InChI=1S/C23H26ClN3O2/c1-3-26(4-2)15-9-14-25-16-19-17-10-5-6-11-18(17)22(28)27(23(19)29)21-13-8-7-12-20(21)24/h5-8,10-13,16,19H,3-4,9,14-15H2,1-2H3. The van der Waals surface area contributed by atoms with Gasteiger partial charge in [0.25, 0.3) is 5.91 Å². The zero-order valence-corrected chi connectivity index (χ0v) is 17.6. The van der Waals surface area contributed by atoms with E-state index in [1.807, 2.05) is 12.1 Å². The van der Waals surface area contributed by atoms with Crippen LogP contribution in [0.3, 0.4) is 0 Å². The van der Waals surface area contributed by atoms with Crippen LogP contribution in [0.25, 0.3) is 0 Å². The Morgan fingerprint density at radius 1 is 1.07 bits per heavy atom. The van der Waals surface area contributed by atoms with E-state index < -0.39 is 5.92 Å². The second kappa shape index (κ2) is 9.81. The molecule has 1 heterocycles. The first-order valence-corrected chi connectivity index (χ1v) is 10.4. The molecule has 1 atom stereocenters. The van der Waals surface area contributed by atoms with Gasteiger partial charge in [-0.2, -0.15) is 0 Å². The summed E-state index contributed by atoms with van der Waals surface area (Å²) in [5.74, 6) is -1.28. The molecule has 0 bridgehead atoms. The lowest BCUT2D eigenvalue weighted by Crippen LogP contribution is -2.45. The van der Waals surface area contributed by atoms with Gasteiger partial charge in [0.1, 0.15) is 0 Å². The molecule has 2 aromatic carbocycles. The van der Waals surface area contributed by atoms with Crippen LogP contribution in [0.4, 0.5) is 5.69 Å². The minimum atomic E-state index is -0.603. The number of para-hydroxylation sites is 1. The third-order valence-corrected chi connectivity index (χ3v) is 5.54. The summed E-state index contributed by atoms with van der Waals surface area (Å²) in [5.41, 5.74) is 1.60. The summed E-state index contributed by atoms with van der Waals surface area (Å²) in [4.78, 5) is 34.3. The van der Waals surface area contributed by atoms with Crippen LogP contribution in [0.15, 0.2) is 53.5 Å². The van der Waals surface area contributed by atoms with Crippen LogP contribution in [-0.4, -0.2) is 49.1 Å². The number of rotatable bonds is 8. The second-order valence-corrected chi connectivity index (χ2v) is 7.34. The van der Waals surface area contributed by atoms with Crippen molar-refractivity contribution in [2.24, 2.45) is 4.99 Å². The Labute approximate surface area is 177 Å². The number of halogens is 1. The van der Waals surface area contributed by atoms with Gasteiger partial charge in [-0.15, -0.1) is 0 Å². The molecular formula is C23H26ClN3O2. The van der Waals surface area contributed by atoms with Gasteiger partial charge in [-0.25, -0.2) is 4.90 Å². The number of fused-ring (bicyclic) bond motifs is 1. The predicted octanol–water partition coefficient (Wildman–Crippen LogP) is 4.41. The van der Waals surface area contributed by atoms with Crippen LogP contribution in [0.5, 0.6) is 0 Å². The molecule has 152 valence electrons. The van der Waals surface area contributed by atoms with Crippen LogP contribution >= 0.6 is 11.6 Å². The summed E-state index contributed by atoms with van der Waals surface area (Å²) >= 11 is 6.28. The zero-order valence-electron chi connectivity index (χ0n) is 16.8. The summed E-state index contributed by atoms with van der Waals surface area (Å²) < 4.78 is 0. The molecule has 0 saturated carbocycles. The monoisotopic (exact) mass is 411 g/mol. The molecule has 0 aromatic heterocycles. The number of anilines is 1. The summed E-state index contributed by atoms with van der Waals surface area (Å²) in [6.45, 7) is 7.94. The highest BCUT2D eigenvalue weighted by molar-refractivity contribution is 6.37. The maximum atomic E-state index is 13.3. The second-order valence-electron chi connectivity index (χ2n) is 6.93. The number of carbonyl (C=O) groups excluding carboxylic acids is 2. The fourth-order valence-electron chi connectivity index (χ4n) is 3.57. The highest BCUT2D eigenvalue weighted by Gasteiger charge is 2.39. The maximum Gasteiger partial charge on any atom is 0.265 e. The molecule has 0 radical (unpaired) electrons. The molecule has 0 fully saturated rings. The van der Waals surface area contributed by atoms with Gasteiger partial charge in [-0.1, -0.05) is 55.8 Å². The van der Waals surface area contributed by atoms with Gasteiger partial charge in [0.2, 0.25) is 5.91 Å². The summed E-state index contributed by atoms with van der Waals surface area (Å²) in [5, 5.41) is 0.364. The van der Waals surface area contributed by atoms with Gasteiger partial charge in [0.05, 0.1) is 16.6 Å². The molecule has 0 aliphatic carbocycles. The molecule has 1 unspecified atom stereocenters. The molecule has 2 aromatic rings. The molecule has 0 saturated heterocycles. The van der Waals surface area contributed by atoms with Crippen molar-refractivity contribution >= 4 is 35.3 Å². The normalized spacial score (nSPS) is 16.7. The molecule has 6 heteroatoms. The SMILES string of the molecule is CCN(CC)CCCN=CC1C(=O)N(c2ccccc2Cl)C(=O)c2ccccc21. The van der Waals surface area contributed by atoms with Crippen molar-refractivity contribution in [2.45, 2.75) is 26.2 Å². The Kier molecular flexibility index (Phi) is 7.18. The Bertz CT molecular complexity index is 909. The van der Waals surface area contributed by atoms with Crippen LogP contribution in [0.2, 0.25) is 5.02 Å². The molecular weight excluding hydrogens is 386 g/mol. The first-order chi connectivity index (χ1) is 14.1. The number of carbonyl (C=O) groups is 2. The van der Waals surface area contributed by atoms with E-state index in [0.717, 1.165) is 26.1 Å². The average molecular weight is 412 g/mol. The Morgan fingerprint density at radius 3 is 2.48 bits per heavy atom. The minimum Gasteiger partial charge on any atom is -0.304 e. The van der Waals surface area contributed by atoms with E-state index in [4.69, 9.17) is 11.6 Å². The van der Waals surface area contributed by atoms with Gasteiger partial charge in [-0.05, 0) is 49.8 Å². The van der Waals surface area contributed by atoms with E-state index in [1.165, 1.54) is 4.90 Å². The summed E-state index contributed by atoms with van der Waals surface area (Å²) in [6.07, 6.45) is 2.60. The lowest BCUT2D eigenvalue weighted by atomic mass is 9.89. The molecule has 29 heavy (non-hydrogen) atoms. The number of imide groups is 1. The van der Waals surface area contributed by atoms with Crippen molar-refractivity contribution in [3.63, 3.8) is 0 Å². The highest BCUT2D eigenvalue weighted by Crippen LogP contribution is 2.35. The molecule has 3 rings (SSSR count). The fourth-order valence-corrected chi connectivity index (χ4v) is 3.79. The Balaban J connectivity index is 1.85. The van der Waals surface area contributed by atoms with E-state index >= 15 is 0 Å². The Morgan fingerprint density at radius 2 is 1.76 bits per heavy atom. The molecule has 0 spiro atoms. The van der Waals surface area contributed by atoms with E-state index in [2.05, 4.69) is 23.7 Å². The van der Waals surface area contributed by atoms with Crippen LogP contribution in [0.1, 0.15) is 42.1 Å². The van der Waals surface area contributed by atoms with Crippen molar-refractivity contribution in [1.29, 1.82) is 0 Å². The van der Waals surface area contributed by atoms with Gasteiger partial charge >= 0.3 is 0 Å². The van der Waals surface area contributed by atoms with Crippen molar-refractivity contribution in [3.8, 4) is 0 Å². The summed E-state index contributed by atoms with van der Waals surface area (Å²) in [6, 6.07) is 14.1. The van der Waals surface area contributed by atoms with Crippen LogP contribution < -0.4 is 4.90 Å². The van der Waals surface area contributed by atoms with Crippen LogP contribution in [0, 0.1) is 0 Å². The Hall–Kier alpha value is -2.50. The number of hydrogen-bond acceptors (Lipinski definition) is 4.